The number of thioether (sulfide) groups is 1. The van der Waals surface area contributed by atoms with Gasteiger partial charge in [-0.2, -0.15) is 11.8 Å². The molecule has 0 spiro atoms. The first kappa shape index (κ1) is 33.7. The van der Waals surface area contributed by atoms with Crippen molar-refractivity contribution in [1.82, 2.24) is 16.0 Å². The Morgan fingerprint density at radius 3 is 2.08 bits per heavy atom. The number of hydrogen-bond acceptors (Lipinski definition) is 7. The Kier molecular flexibility index (Phi) is 15.6. The molecule has 1 aromatic rings. The molecule has 10 N–H and O–H groups in total. The van der Waals surface area contributed by atoms with E-state index < -0.39 is 47.9 Å². The lowest BCUT2D eigenvalue weighted by atomic mass is 10.0. The molecular formula is C26H43N7O5S. The van der Waals surface area contributed by atoms with Gasteiger partial charge in [-0.05, 0) is 49.2 Å². The average Bonchev–Trinajstić information content (AvgIpc) is 2.87. The molecule has 0 aliphatic carbocycles. The standard InChI is InChI=1S/C26H43N7O5S/c1-16(2)14-18(27)22(34)31-19(11-13-39-3)23(35)33-21(15-17-8-5-4-6-9-17)24(36)32-20(25(37)38)10-7-12-30-26(28)29/h4-6,8-9,16,18-21H,7,10-15,27H2,1-3H3,(H,31,34)(H,32,36)(H,33,35)(H,37,38)(H4,28,29,30). The van der Waals surface area contributed by atoms with Crippen LogP contribution in [-0.2, 0) is 25.6 Å². The summed E-state index contributed by atoms with van der Waals surface area (Å²) in [7, 11) is 0. The highest BCUT2D eigenvalue weighted by Crippen LogP contribution is 2.09. The van der Waals surface area contributed by atoms with Gasteiger partial charge in [0.05, 0.1) is 6.04 Å². The van der Waals surface area contributed by atoms with E-state index in [4.69, 9.17) is 17.2 Å². The van der Waals surface area contributed by atoms with Gasteiger partial charge in [0.2, 0.25) is 17.7 Å². The highest BCUT2D eigenvalue weighted by atomic mass is 32.2. The molecule has 0 aromatic heterocycles. The average molecular weight is 566 g/mol. The Balaban J connectivity index is 3.07. The maximum atomic E-state index is 13.3. The van der Waals surface area contributed by atoms with Crippen molar-refractivity contribution >= 4 is 41.4 Å². The fourth-order valence-electron chi connectivity index (χ4n) is 3.76. The Bertz CT molecular complexity index is 957. The number of carbonyl (C=O) groups excluding carboxylic acids is 3. The monoisotopic (exact) mass is 565 g/mol. The molecule has 1 rings (SSSR count). The molecule has 0 fully saturated rings. The lowest BCUT2D eigenvalue weighted by molar-refractivity contribution is -0.142. The van der Waals surface area contributed by atoms with Gasteiger partial charge in [-0.25, -0.2) is 4.79 Å². The van der Waals surface area contributed by atoms with Gasteiger partial charge in [-0.15, -0.1) is 0 Å². The molecule has 0 heterocycles. The van der Waals surface area contributed by atoms with Gasteiger partial charge in [0.25, 0.3) is 0 Å². The molecule has 0 bridgehead atoms. The maximum absolute atomic E-state index is 13.3. The Hall–Kier alpha value is -3.32. The van der Waals surface area contributed by atoms with Gasteiger partial charge in [0.15, 0.2) is 5.96 Å². The van der Waals surface area contributed by atoms with Crippen molar-refractivity contribution < 1.29 is 24.3 Å². The number of carboxylic acids is 1. The van der Waals surface area contributed by atoms with Crippen molar-refractivity contribution in [2.45, 2.75) is 70.1 Å². The zero-order chi connectivity index (χ0) is 29.4. The lowest BCUT2D eigenvalue weighted by Crippen LogP contribution is -2.57. The van der Waals surface area contributed by atoms with Crippen LogP contribution in [0.4, 0.5) is 0 Å². The van der Waals surface area contributed by atoms with Crippen molar-refractivity contribution in [1.29, 1.82) is 0 Å². The minimum atomic E-state index is -1.22. The Morgan fingerprint density at radius 1 is 0.923 bits per heavy atom. The predicted molar refractivity (Wildman–Crippen MR) is 154 cm³/mol. The van der Waals surface area contributed by atoms with Crippen LogP contribution in [0.3, 0.4) is 0 Å². The molecule has 0 aliphatic heterocycles. The second-order valence-electron chi connectivity index (χ2n) is 9.68. The molecule has 0 aliphatic rings. The van der Waals surface area contributed by atoms with Crippen LogP contribution in [0.15, 0.2) is 35.3 Å². The van der Waals surface area contributed by atoms with Crippen LogP contribution in [0.1, 0.15) is 45.1 Å². The number of carbonyl (C=O) groups is 4. The van der Waals surface area contributed by atoms with E-state index >= 15 is 0 Å². The summed E-state index contributed by atoms with van der Waals surface area (Å²) in [6.45, 7) is 4.11. The van der Waals surface area contributed by atoms with Gasteiger partial charge in [-0.1, -0.05) is 44.2 Å². The van der Waals surface area contributed by atoms with E-state index in [0.29, 0.717) is 25.0 Å². The number of nitrogens with zero attached hydrogens (tertiary/aromatic N) is 1. The molecular weight excluding hydrogens is 522 g/mol. The third-order valence-corrected chi connectivity index (χ3v) is 6.43. The highest BCUT2D eigenvalue weighted by Gasteiger charge is 2.30. The molecule has 0 saturated carbocycles. The number of nitrogens with one attached hydrogen (secondary N) is 3. The van der Waals surface area contributed by atoms with Crippen LogP contribution in [0.5, 0.6) is 0 Å². The summed E-state index contributed by atoms with van der Waals surface area (Å²) in [5, 5.41) is 17.6. The number of rotatable bonds is 18. The predicted octanol–water partition coefficient (Wildman–Crippen LogP) is -0.0518. The first-order chi connectivity index (χ1) is 18.4. The molecule has 4 atom stereocenters. The van der Waals surface area contributed by atoms with Gasteiger partial charge in [0, 0.05) is 13.0 Å². The van der Waals surface area contributed by atoms with Crippen LogP contribution in [-0.4, -0.2) is 77.5 Å². The third kappa shape index (κ3) is 13.9. The number of aliphatic imine (C=N–C) groups is 1. The van der Waals surface area contributed by atoms with Crippen LogP contribution >= 0.6 is 11.8 Å². The smallest absolute Gasteiger partial charge is 0.326 e. The second kappa shape index (κ2) is 18.1. The van der Waals surface area contributed by atoms with E-state index in [9.17, 15) is 24.3 Å². The molecule has 4 unspecified atom stereocenters. The molecule has 0 saturated heterocycles. The van der Waals surface area contributed by atoms with Crippen molar-refractivity contribution in [2.24, 2.45) is 28.1 Å². The van der Waals surface area contributed by atoms with Crippen LogP contribution < -0.4 is 33.2 Å². The lowest BCUT2D eigenvalue weighted by Gasteiger charge is -2.25. The minimum Gasteiger partial charge on any atom is -0.480 e. The zero-order valence-corrected chi connectivity index (χ0v) is 23.7. The number of nitrogens with two attached hydrogens (primary N) is 3. The summed E-state index contributed by atoms with van der Waals surface area (Å²) in [5.74, 6) is -2.19. The number of hydrogen-bond donors (Lipinski definition) is 7. The summed E-state index contributed by atoms with van der Waals surface area (Å²) in [4.78, 5) is 54.9. The number of aliphatic carboxylic acids is 1. The van der Waals surface area contributed by atoms with Crippen LogP contribution in [0, 0.1) is 5.92 Å². The molecule has 218 valence electrons. The van der Waals surface area contributed by atoms with E-state index in [0.717, 1.165) is 5.56 Å². The van der Waals surface area contributed by atoms with E-state index in [1.807, 2.05) is 26.2 Å². The first-order valence-corrected chi connectivity index (χ1v) is 14.3. The zero-order valence-electron chi connectivity index (χ0n) is 22.9. The summed E-state index contributed by atoms with van der Waals surface area (Å²) < 4.78 is 0. The van der Waals surface area contributed by atoms with E-state index in [1.54, 1.807) is 24.3 Å². The van der Waals surface area contributed by atoms with E-state index in [-0.39, 0.29) is 31.3 Å². The van der Waals surface area contributed by atoms with Crippen molar-refractivity contribution in [3.8, 4) is 0 Å². The van der Waals surface area contributed by atoms with Gasteiger partial charge in [0.1, 0.15) is 18.1 Å². The topological polar surface area (TPSA) is 215 Å². The number of benzene rings is 1. The molecule has 12 nitrogen and oxygen atoms in total. The third-order valence-electron chi connectivity index (χ3n) is 5.78. The van der Waals surface area contributed by atoms with Gasteiger partial charge in [-0.3, -0.25) is 19.4 Å². The quantitative estimate of drug-likeness (QED) is 0.0720. The summed E-state index contributed by atoms with van der Waals surface area (Å²) >= 11 is 1.51. The molecule has 3 amide bonds. The maximum Gasteiger partial charge on any atom is 0.326 e. The van der Waals surface area contributed by atoms with E-state index in [2.05, 4.69) is 20.9 Å². The normalized spacial score (nSPS) is 14.0. The summed E-state index contributed by atoms with van der Waals surface area (Å²) in [5.41, 5.74) is 17.4. The van der Waals surface area contributed by atoms with Gasteiger partial charge < -0.3 is 38.3 Å². The largest absolute Gasteiger partial charge is 0.480 e. The van der Waals surface area contributed by atoms with Crippen LogP contribution in [0.2, 0.25) is 0 Å². The molecule has 1 aromatic carbocycles. The Morgan fingerprint density at radius 2 is 1.51 bits per heavy atom. The molecule has 39 heavy (non-hydrogen) atoms. The van der Waals surface area contributed by atoms with Crippen LogP contribution in [0.25, 0.3) is 0 Å². The van der Waals surface area contributed by atoms with Crippen molar-refractivity contribution in [2.75, 3.05) is 18.6 Å². The fourth-order valence-corrected chi connectivity index (χ4v) is 4.23. The number of amides is 3. The minimum absolute atomic E-state index is 0.0873. The summed E-state index contributed by atoms with van der Waals surface area (Å²) in [6.07, 6.45) is 3.20. The van der Waals surface area contributed by atoms with Crippen molar-refractivity contribution in [3.05, 3.63) is 35.9 Å². The van der Waals surface area contributed by atoms with Crippen molar-refractivity contribution in [3.63, 3.8) is 0 Å². The second-order valence-corrected chi connectivity index (χ2v) is 10.7. The molecule has 0 radical (unpaired) electrons. The SMILES string of the molecule is CSCCC(NC(=O)C(N)CC(C)C)C(=O)NC(Cc1ccccc1)C(=O)NC(CCCN=C(N)N)C(=O)O. The number of guanidine groups is 1. The first-order valence-electron chi connectivity index (χ1n) is 12.9. The fraction of sp³-hybridized carbons (Fsp3) is 0.577. The highest BCUT2D eigenvalue weighted by molar-refractivity contribution is 7.98. The van der Waals surface area contributed by atoms with Gasteiger partial charge >= 0.3 is 5.97 Å². The summed E-state index contributed by atoms with van der Waals surface area (Å²) in [6, 6.07) is 5.05. The van der Waals surface area contributed by atoms with E-state index in [1.165, 1.54) is 11.8 Å². The number of carboxylic acid groups (broad SMARTS) is 1. The Labute approximate surface area is 234 Å². The molecule has 13 heteroatoms.